The van der Waals surface area contributed by atoms with Crippen molar-refractivity contribution in [2.45, 2.75) is 0 Å². The van der Waals surface area contributed by atoms with Gasteiger partial charge < -0.3 is 15.0 Å². The molecule has 1 amide bonds. The number of aromatic amines is 2. The van der Waals surface area contributed by atoms with Crippen LogP contribution in [0.5, 0.6) is 5.75 Å². The maximum Gasteiger partial charge on any atom is 0.260 e. The van der Waals surface area contributed by atoms with E-state index in [2.05, 4.69) is 25.5 Å². The molecule has 0 saturated carbocycles. The Labute approximate surface area is 140 Å². The van der Waals surface area contributed by atoms with E-state index in [1.54, 1.807) is 17.0 Å². The smallest absolute Gasteiger partial charge is 0.260 e. The molecule has 4 aromatic rings. The number of hydrogen-bond donors (Lipinski definition) is 3. The van der Waals surface area contributed by atoms with Crippen molar-refractivity contribution in [2.75, 3.05) is 12.4 Å². The molecular formula is C16H13N5O2S. The fraction of sp³-hybridized carbons (Fsp3) is 0.0625. The molecule has 0 unspecified atom stereocenters. The summed E-state index contributed by atoms with van der Waals surface area (Å²) in [5.41, 5.74) is 3.33. The van der Waals surface area contributed by atoms with Crippen molar-refractivity contribution in [2.24, 2.45) is 0 Å². The predicted octanol–water partition coefficient (Wildman–Crippen LogP) is 3.28. The van der Waals surface area contributed by atoms with Crippen LogP contribution in [0, 0.1) is 0 Å². The summed E-state index contributed by atoms with van der Waals surface area (Å²) >= 11 is 1.41. The molecule has 0 atom stereocenters. The molecule has 3 N–H and O–H groups in total. The van der Waals surface area contributed by atoms with E-state index in [1.165, 1.54) is 18.4 Å². The first-order valence-corrected chi connectivity index (χ1v) is 8.11. The standard InChI is InChI=1S/C16H13N5O2S/c1-23-13-8-24-7-9(13)16(22)20-12-6-17-21-14(12)15-18-10-4-2-3-5-11(10)19-15/h2-8H,1H3,(H,17,21)(H,18,19)(H,20,22). The number of ether oxygens (including phenoxy) is 1. The number of carbonyl (C=O) groups excluding carboxylic acids is 1. The van der Waals surface area contributed by atoms with E-state index in [0.29, 0.717) is 28.5 Å². The van der Waals surface area contributed by atoms with Gasteiger partial charge in [-0.25, -0.2) is 4.98 Å². The second-order valence-electron chi connectivity index (χ2n) is 5.06. The number of nitrogens with one attached hydrogen (secondary N) is 3. The number of anilines is 1. The van der Waals surface area contributed by atoms with E-state index >= 15 is 0 Å². The lowest BCUT2D eigenvalue weighted by Gasteiger charge is -2.04. The van der Waals surface area contributed by atoms with Crippen LogP contribution < -0.4 is 10.1 Å². The lowest BCUT2D eigenvalue weighted by molar-refractivity contribution is 0.102. The molecule has 0 fully saturated rings. The van der Waals surface area contributed by atoms with Gasteiger partial charge in [-0.05, 0) is 12.1 Å². The summed E-state index contributed by atoms with van der Waals surface area (Å²) < 4.78 is 5.19. The highest BCUT2D eigenvalue weighted by molar-refractivity contribution is 7.08. The molecule has 0 radical (unpaired) electrons. The van der Waals surface area contributed by atoms with Gasteiger partial charge in [0.05, 0.1) is 29.4 Å². The molecule has 4 rings (SSSR count). The first-order valence-electron chi connectivity index (χ1n) is 7.16. The highest BCUT2D eigenvalue weighted by Gasteiger charge is 2.18. The van der Waals surface area contributed by atoms with Crippen LogP contribution in [-0.2, 0) is 0 Å². The van der Waals surface area contributed by atoms with Crippen molar-refractivity contribution < 1.29 is 9.53 Å². The van der Waals surface area contributed by atoms with Crippen molar-refractivity contribution in [3.8, 4) is 17.3 Å². The Bertz CT molecular complexity index is 983. The molecule has 0 saturated heterocycles. The minimum Gasteiger partial charge on any atom is -0.495 e. The maximum absolute atomic E-state index is 12.5. The number of aromatic nitrogens is 4. The number of imidazole rings is 1. The topological polar surface area (TPSA) is 95.7 Å². The van der Waals surface area contributed by atoms with Gasteiger partial charge in [-0.15, -0.1) is 11.3 Å². The molecular weight excluding hydrogens is 326 g/mol. The zero-order valence-corrected chi connectivity index (χ0v) is 13.5. The molecule has 8 heteroatoms. The summed E-state index contributed by atoms with van der Waals surface area (Å²) in [5.74, 6) is 0.878. The minimum absolute atomic E-state index is 0.258. The Hall–Kier alpha value is -3.13. The zero-order chi connectivity index (χ0) is 16.5. The van der Waals surface area contributed by atoms with Crippen molar-refractivity contribution >= 4 is 34.0 Å². The summed E-state index contributed by atoms with van der Waals surface area (Å²) in [5, 5.41) is 13.3. The SMILES string of the molecule is COc1cscc1C(=O)Nc1c[nH]nc1-c1nc2ccccc2[nH]1. The quantitative estimate of drug-likeness (QED) is 0.532. The molecule has 120 valence electrons. The van der Waals surface area contributed by atoms with Crippen LogP contribution in [-0.4, -0.2) is 33.2 Å². The number of carbonyl (C=O) groups is 1. The molecule has 7 nitrogen and oxygen atoms in total. The molecule has 0 spiro atoms. The second-order valence-corrected chi connectivity index (χ2v) is 5.80. The highest BCUT2D eigenvalue weighted by atomic mass is 32.1. The highest BCUT2D eigenvalue weighted by Crippen LogP contribution is 2.28. The number of rotatable bonds is 4. The van der Waals surface area contributed by atoms with Crippen molar-refractivity contribution in [3.63, 3.8) is 0 Å². The number of amides is 1. The van der Waals surface area contributed by atoms with Gasteiger partial charge in [0.1, 0.15) is 5.75 Å². The largest absolute Gasteiger partial charge is 0.495 e. The Morgan fingerprint density at radius 2 is 2.17 bits per heavy atom. The number of methoxy groups -OCH3 is 1. The third-order valence-corrected chi connectivity index (χ3v) is 4.32. The molecule has 0 aliphatic heterocycles. The van der Waals surface area contributed by atoms with E-state index in [-0.39, 0.29) is 5.91 Å². The third kappa shape index (κ3) is 2.42. The van der Waals surface area contributed by atoms with Crippen molar-refractivity contribution in [1.29, 1.82) is 0 Å². The number of benzene rings is 1. The van der Waals surface area contributed by atoms with Gasteiger partial charge in [0.25, 0.3) is 5.91 Å². The maximum atomic E-state index is 12.5. The van der Waals surface area contributed by atoms with Crippen LogP contribution in [0.3, 0.4) is 0 Å². The van der Waals surface area contributed by atoms with E-state index in [9.17, 15) is 4.79 Å². The van der Waals surface area contributed by atoms with Crippen LogP contribution in [0.1, 0.15) is 10.4 Å². The molecule has 0 aliphatic carbocycles. The fourth-order valence-electron chi connectivity index (χ4n) is 2.43. The number of para-hydroxylation sites is 2. The van der Waals surface area contributed by atoms with Gasteiger partial charge in [-0.2, -0.15) is 5.10 Å². The van der Waals surface area contributed by atoms with E-state index in [0.717, 1.165) is 11.0 Å². The summed E-state index contributed by atoms with van der Waals surface area (Å²) in [6.07, 6.45) is 1.62. The van der Waals surface area contributed by atoms with E-state index in [1.807, 2.05) is 24.3 Å². The van der Waals surface area contributed by atoms with Crippen molar-refractivity contribution in [3.05, 3.63) is 46.8 Å². The third-order valence-electron chi connectivity index (χ3n) is 3.59. The molecule has 1 aromatic carbocycles. The van der Waals surface area contributed by atoms with Gasteiger partial charge in [0, 0.05) is 17.0 Å². The predicted molar refractivity (Wildman–Crippen MR) is 92.5 cm³/mol. The number of thiophene rings is 1. The monoisotopic (exact) mass is 339 g/mol. The molecule has 0 aliphatic rings. The van der Waals surface area contributed by atoms with E-state index in [4.69, 9.17) is 4.74 Å². The Kier molecular flexibility index (Phi) is 3.51. The number of fused-ring (bicyclic) bond motifs is 1. The van der Waals surface area contributed by atoms with Crippen LogP contribution in [0.15, 0.2) is 41.2 Å². The molecule has 24 heavy (non-hydrogen) atoms. The summed E-state index contributed by atoms with van der Waals surface area (Å²) in [6, 6.07) is 7.70. The van der Waals surface area contributed by atoms with Crippen LogP contribution in [0.2, 0.25) is 0 Å². The molecule has 3 aromatic heterocycles. The number of H-pyrrole nitrogens is 2. The minimum atomic E-state index is -0.258. The van der Waals surface area contributed by atoms with Gasteiger partial charge in [0.15, 0.2) is 11.5 Å². The first kappa shape index (κ1) is 14.5. The van der Waals surface area contributed by atoms with Crippen LogP contribution in [0.4, 0.5) is 5.69 Å². The average Bonchev–Trinajstić information content (AvgIpc) is 3.32. The van der Waals surface area contributed by atoms with Crippen LogP contribution in [0.25, 0.3) is 22.6 Å². The fourth-order valence-corrected chi connectivity index (χ4v) is 3.20. The van der Waals surface area contributed by atoms with E-state index < -0.39 is 0 Å². The Morgan fingerprint density at radius 1 is 1.29 bits per heavy atom. The summed E-state index contributed by atoms with van der Waals surface area (Å²) in [7, 11) is 1.54. The normalized spacial score (nSPS) is 10.9. The number of nitrogens with zero attached hydrogens (tertiary/aromatic N) is 2. The first-order chi connectivity index (χ1) is 11.8. The number of hydrogen-bond acceptors (Lipinski definition) is 5. The average molecular weight is 339 g/mol. The van der Waals surface area contributed by atoms with Crippen molar-refractivity contribution in [1.82, 2.24) is 20.2 Å². The Balaban J connectivity index is 1.66. The Morgan fingerprint density at radius 3 is 3.00 bits per heavy atom. The lowest BCUT2D eigenvalue weighted by atomic mass is 10.2. The van der Waals surface area contributed by atoms with Gasteiger partial charge in [0.2, 0.25) is 0 Å². The molecule has 3 heterocycles. The second kappa shape index (κ2) is 5.82. The summed E-state index contributed by atoms with van der Waals surface area (Å²) in [6.45, 7) is 0. The lowest BCUT2D eigenvalue weighted by Crippen LogP contribution is -2.12. The van der Waals surface area contributed by atoms with Gasteiger partial charge >= 0.3 is 0 Å². The van der Waals surface area contributed by atoms with Gasteiger partial charge in [-0.1, -0.05) is 12.1 Å². The zero-order valence-electron chi connectivity index (χ0n) is 12.7. The van der Waals surface area contributed by atoms with Gasteiger partial charge in [-0.3, -0.25) is 9.89 Å². The van der Waals surface area contributed by atoms with Crippen LogP contribution >= 0.6 is 11.3 Å². The molecule has 0 bridgehead atoms. The summed E-state index contributed by atoms with van der Waals surface area (Å²) in [4.78, 5) is 20.2.